The Balaban J connectivity index is 1.45. The highest BCUT2D eigenvalue weighted by Crippen LogP contribution is 2.33. The molecule has 0 saturated heterocycles. The number of amides is 1. The first-order chi connectivity index (χ1) is 20.8. The number of nitrogens with zero attached hydrogens (tertiary/aromatic N) is 2. The summed E-state index contributed by atoms with van der Waals surface area (Å²) in [6.07, 6.45) is 1.67. The number of hydrogen-bond donors (Lipinski definition) is 1. The van der Waals surface area contributed by atoms with Crippen LogP contribution in [0.4, 0.5) is 5.69 Å². The molecule has 1 N–H and O–H groups in total. The number of thiazole rings is 1. The van der Waals surface area contributed by atoms with E-state index >= 15 is 0 Å². The van der Waals surface area contributed by atoms with Gasteiger partial charge in [0.2, 0.25) is 0 Å². The van der Waals surface area contributed by atoms with Gasteiger partial charge in [0.15, 0.2) is 4.80 Å². The Morgan fingerprint density at radius 3 is 2.58 bits per heavy atom. The van der Waals surface area contributed by atoms with Gasteiger partial charge in [-0.1, -0.05) is 64.9 Å². The summed E-state index contributed by atoms with van der Waals surface area (Å²) < 4.78 is 13.6. The van der Waals surface area contributed by atoms with E-state index in [0.29, 0.717) is 65.8 Å². The van der Waals surface area contributed by atoms with Crippen LogP contribution in [-0.2, 0) is 4.79 Å². The van der Waals surface area contributed by atoms with Gasteiger partial charge in [-0.15, -0.1) is 0 Å². The van der Waals surface area contributed by atoms with Crippen molar-refractivity contribution in [3.8, 4) is 17.1 Å². The SMILES string of the molecule is CCOc1ccc([C@@H]2C(C(=O)Nc3ccccc3)=C(C)N=c3s/c(=C\c4ccc(-c5cc(Cl)ccc5Cl)o4)c(=O)n32)cc1. The number of para-hydroxylation sites is 1. The minimum atomic E-state index is -0.713. The first-order valence-electron chi connectivity index (χ1n) is 13.5. The van der Waals surface area contributed by atoms with Crippen LogP contribution in [0.5, 0.6) is 5.75 Å². The van der Waals surface area contributed by atoms with E-state index < -0.39 is 6.04 Å². The minimum Gasteiger partial charge on any atom is -0.494 e. The van der Waals surface area contributed by atoms with Crippen LogP contribution in [0.15, 0.2) is 110 Å². The van der Waals surface area contributed by atoms with Crippen LogP contribution in [0, 0.1) is 0 Å². The molecule has 3 aromatic carbocycles. The van der Waals surface area contributed by atoms with Crippen LogP contribution in [0.2, 0.25) is 10.0 Å². The molecule has 0 fully saturated rings. The molecule has 6 rings (SSSR count). The topological polar surface area (TPSA) is 85.8 Å². The quantitative estimate of drug-likeness (QED) is 0.214. The average Bonchev–Trinajstić information content (AvgIpc) is 3.58. The molecule has 1 atom stereocenters. The second-order valence-corrected chi connectivity index (χ2v) is 11.6. The highest BCUT2D eigenvalue weighted by molar-refractivity contribution is 7.07. The van der Waals surface area contributed by atoms with Crippen molar-refractivity contribution in [1.82, 2.24) is 4.57 Å². The summed E-state index contributed by atoms with van der Waals surface area (Å²) in [5.74, 6) is 1.35. The molecular weight excluding hydrogens is 605 g/mol. The molecule has 7 nitrogen and oxygen atoms in total. The van der Waals surface area contributed by atoms with Crippen LogP contribution in [-0.4, -0.2) is 17.1 Å². The van der Waals surface area contributed by atoms with Crippen molar-refractivity contribution >= 4 is 52.2 Å². The van der Waals surface area contributed by atoms with Gasteiger partial charge in [0.1, 0.15) is 17.3 Å². The van der Waals surface area contributed by atoms with Crippen molar-refractivity contribution in [2.75, 3.05) is 11.9 Å². The van der Waals surface area contributed by atoms with Gasteiger partial charge in [-0.2, -0.15) is 0 Å². The molecule has 1 amide bonds. The zero-order valence-electron chi connectivity index (χ0n) is 23.1. The van der Waals surface area contributed by atoms with Crippen molar-refractivity contribution in [2.24, 2.45) is 4.99 Å². The first kappa shape index (κ1) is 28.7. The summed E-state index contributed by atoms with van der Waals surface area (Å²) >= 11 is 13.8. The molecule has 216 valence electrons. The number of aromatic nitrogens is 1. The Morgan fingerprint density at radius 1 is 1.07 bits per heavy atom. The van der Waals surface area contributed by atoms with E-state index in [-0.39, 0.29) is 11.5 Å². The van der Waals surface area contributed by atoms with E-state index in [9.17, 15) is 9.59 Å². The monoisotopic (exact) mass is 629 g/mol. The Morgan fingerprint density at radius 2 is 1.84 bits per heavy atom. The molecule has 0 saturated carbocycles. The predicted octanol–water partition coefficient (Wildman–Crippen LogP) is 6.84. The van der Waals surface area contributed by atoms with Crippen molar-refractivity contribution in [3.05, 3.63) is 137 Å². The maximum atomic E-state index is 14.0. The Bertz CT molecular complexity index is 2040. The second-order valence-electron chi connectivity index (χ2n) is 9.73. The van der Waals surface area contributed by atoms with Crippen LogP contribution in [0.3, 0.4) is 0 Å². The number of fused-ring (bicyclic) bond motifs is 1. The van der Waals surface area contributed by atoms with Crippen molar-refractivity contribution in [1.29, 1.82) is 0 Å². The van der Waals surface area contributed by atoms with E-state index in [1.807, 2.05) is 61.5 Å². The number of halogens is 2. The number of nitrogens with one attached hydrogen (secondary N) is 1. The number of allylic oxidation sites excluding steroid dienone is 1. The lowest BCUT2D eigenvalue weighted by molar-refractivity contribution is -0.113. The lowest BCUT2D eigenvalue weighted by Gasteiger charge is -2.25. The van der Waals surface area contributed by atoms with Gasteiger partial charge >= 0.3 is 0 Å². The fourth-order valence-electron chi connectivity index (χ4n) is 4.95. The fourth-order valence-corrected chi connectivity index (χ4v) is 6.36. The maximum absolute atomic E-state index is 14.0. The molecule has 1 aliphatic rings. The van der Waals surface area contributed by atoms with Gasteiger partial charge in [0, 0.05) is 22.3 Å². The van der Waals surface area contributed by atoms with Crippen molar-refractivity contribution < 1.29 is 13.9 Å². The number of rotatable bonds is 7. The molecular formula is C33H25Cl2N3O4S. The highest BCUT2D eigenvalue weighted by atomic mass is 35.5. The smallest absolute Gasteiger partial charge is 0.271 e. The Labute approximate surface area is 261 Å². The molecule has 43 heavy (non-hydrogen) atoms. The maximum Gasteiger partial charge on any atom is 0.271 e. The third kappa shape index (κ3) is 5.82. The zero-order chi connectivity index (χ0) is 30.1. The highest BCUT2D eigenvalue weighted by Gasteiger charge is 2.32. The minimum absolute atomic E-state index is 0.293. The van der Waals surface area contributed by atoms with Crippen molar-refractivity contribution in [3.63, 3.8) is 0 Å². The molecule has 0 aliphatic carbocycles. The molecule has 2 aromatic heterocycles. The van der Waals surface area contributed by atoms with Gasteiger partial charge in [-0.25, -0.2) is 4.99 Å². The lowest BCUT2D eigenvalue weighted by Crippen LogP contribution is -2.40. The summed E-state index contributed by atoms with van der Waals surface area (Å²) in [6, 6.07) is 24.5. The van der Waals surface area contributed by atoms with Gasteiger partial charge in [-0.05, 0) is 74.0 Å². The molecule has 0 unspecified atom stereocenters. The molecule has 0 radical (unpaired) electrons. The average molecular weight is 631 g/mol. The largest absolute Gasteiger partial charge is 0.494 e. The van der Waals surface area contributed by atoms with E-state index in [2.05, 4.69) is 5.32 Å². The number of carbonyl (C=O) groups is 1. The van der Waals surface area contributed by atoms with E-state index in [4.69, 9.17) is 37.3 Å². The van der Waals surface area contributed by atoms with Crippen molar-refractivity contribution in [2.45, 2.75) is 19.9 Å². The summed E-state index contributed by atoms with van der Waals surface area (Å²) in [5, 5.41) is 3.99. The summed E-state index contributed by atoms with van der Waals surface area (Å²) in [4.78, 5) is 32.9. The molecule has 0 bridgehead atoms. The molecule has 3 heterocycles. The fraction of sp³-hybridized carbons (Fsp3) is 0.121. The molecule has 0 spiro atoms. The Kier molecular flexibility index (Phi) is 8.08. The van der Waals surface area contributed by atoms with E-state index in [1.165, 1.54) is 11.3 Å². The van der Waals surface area contributed by atoms with Crippen LogP contribution in [0.1, 0.15) is 31.2 Å². The second kappa shape index (κ2) is 12.1. The number of anilines is 1. The summed E-state index contributed by atoms with van der Waals surface area (Å²) in [5.41, 5.74) is 2.65. The molecule has 10 heteroatoms. The lowest BCUT2D eigenvalue weighted by atomic mass is 9.95. The molecule has 5 aromatic rings. The normalized spacial score (nSPS) is 14.8. The van der Waals surface area contributed by atoms with Gasteiger partial charge in [0.25, 0.3) is 11.5 Å². The number of ether oxygens (including phenoxy) is 1. The first-order valence-corrected chi connectivity index (χ1v) is 15.1. The van der Waals surface area contributed by atoms with Crippen LogP contribution < -0.4 is 24.9 Å². The van der Waals surface area contributed by atoms with E-state index in [0.717, 1.165) is 5.56 Å². The summed E-state index contributed by atoms with van der Waals surface area (Å²) in [7, 11) is 0. The third-order valence-corrected chi connectivity index (χ3v) is 8.45. The summed E-state index contributed by atoms with van der Waals surface area (Å²) in [6.45, 7) is 4.22. The Hall–Kier alpha value is -4.37. The predicted molar refractivity (Wildman–Crippen MR) is 171 cm³/mol. The molecule has 1 aliphatic heterocycles. The standard InChI is InChI=1S/C33H25Cl2N3O4S/c1-3-41-23-12-9-20(10-13-23)30-29(31(39)37-22-7-5-4-6-8-22)19(2)36-33-38(30)32(40)28(43-33)18-24-14-16-27(42-24)25-17-21(34)11-15-26(25)35/h4-18,30H,3H2,1-2H3,(H,37,39)/b28-18-/t30-/m1/s1. The van der Waals surface area contributed by atoms with Crippen LogP contribution >= 0.6 is 34.5 Å². The van der Waals surface area contributed by atoms with Gasteiger partial charge < -0.3 is 14.5 Å². The number of benzene rings is 3. The van der Waals surface area contributed by atoms with E-state index in [1.54, 1.807) is 47.9 Å². The third-order valence-electron chi connectivity index (χ3n) is 6.90. The van der Waals surface area contributed by atoms with Gasteiger partial charge in [0.05, 0.1) is 33.5 Å². The van der Waals surface area contributed by atoms with Gasteiger partial charge in [-0.3, -0.25) is 14.2 Å². The number of carbonyl (C=O) groups excluding carboxylic acids is 1. The van der Waals surface area contributed by atoms with Crippen LogP contribution in [0.25, 0.3) is 17.4 Å². The zero-order valence-corrected chi connectivity index (χ0v) is 25.5. The number of hydrogen-bond acceptors (Lipinski definition) is 6. The number of furan rings is 1.